The van der Waals surface area contributed by atoms with Gasteiger partial charge in [0.1, 0.15) is 5.52 Å². The van der Waals surface area contributed by atoms with Gasteiger partial charge >= 0.3 is 0 Å². The second-order valence-corrected chi connectivity index (χ2v) is 5.28. The minimum absolute atomic E-state index is 0.179. The number of nitrogen functional groups attached to an aromatic ring is 1. The maximum absolute atomic E-state index is 5.82. The Morgan fingerprint density at radius 2 is 2.19 bits per heavy atom. The van der Waals surface area contributed by atoms with Gasteiger partial charge in [-0.25, -0.2) is 9.61 Å². The molecule has 0 aliphatic heterocycles. The smallest absolute Gasteiger partial charge is 0.199 e. The van der Waals surface area contributed by atoms with Crippen molar-refractivity contribution in [1.29, 1.82) is 0 Å². The van der Waals surface area contributed by atoms with E-state index < -0.39 is 0 Å². The maximum atomic E-state index is 5.82. The van der Waals surface area contributed by atoms with Crippen LogP contribution < -0.4 is 5.73 Å². The van der Waals surface area contributed by atoms with Gasteiger partial charge in [0.05, 0.1) is 11.7 Å². The first-order valence-corrected chi connectivity index (χ1v) is 6.63. The molecule has 3 aromatic heterocycles. The van der Waals surface area contributed by atoms with Crippen LogP contribution in [-0.4, -0.2) is 50.4 Å². The van der Waals surface area contributed by atoms with Gasteiger partial charge in [-0.2, -0.15) is 0 Å². The Hall–Kier alpha value is -2.48. The Bertz CT molecular complexity index is 761. The van der Waals surface area contributed by atoms with E-state index in [1.54, 1.807) is 12.4 Å². The zero-order valence-corrected chi connectivity index (χ0v) is 12.2. The second kappa shape index (κ2) is 5.13. The van der Waals surface area contributed by atoms with Gasteiger partial charge in [0, 0.05) is 18.8 Å². The lowest BCUT2D eigenvalue weighted by Crippen LogP contribution is -2.23. The van der Waals surface area contributed by atoms with E-state index in [9.17, 15) is 0 Å². The molecule has 21 heavy (non-hydrogen) atoms. The van der Waals surface area contributed by atoms with Crippen LogP contribution in [0.25, 0.3) is 22.6 Å². The summed E-state index contributed by atoms with van der Waals surface area (Å²) in [7, 11) is 4.06. The summed E-state index contributed by atoms with van der Waals surface area (Å²) < 4.78 is 6.80. The van der Waals surface area contributed by atoms with Gasteiger partial charge in [-0.05, 0) is 37.4 Å². The van der Waals surface area contributed by atoms with Crippen LogP contribution in [0.2, 0.25) is 0 Å². The van der Waals surface area contributed by atoms with Crippen LogP contribution in [0.3, 0.4) is 0 Å². The number of rotatable bonds is 4. The predicted octanol–water partition coefficient (Wildman–Crippen LogP) is 1.19. The number of imidazole rings is 1. The molecule has 0 unspecified atom stereocenters. The SMILES string of the molecule is C[C@H](CN(C)C)n1c(-c2nonc2N)nc2cnccc21. The van der Waals surface area contributed by atoms with Crippen LogP contribution in [0.5, 0.6) is 0 Å². The first-order valence-electron chi connectivity index (χ1n) is 6.63. The molecule has 3 aromatic rings. The summed E-state index contributed by atoms with van der Waals surface area (Å²) in [6.45, 7) is 2.97. The molecule has 3 rings (SSSR count). The van der Waals surface area contributed by atoms with E-state index in [0.29, 0.717) is 11.5 Å². The van der Waals surface area contributed by atoms with Crippen molar-refractivity contribution >= 4 is 16.9 Å². The molecular weight excluding hydrogens is 270 g/mol. The third-order valence-corrected chi connectivity index (χ3v) is 3.29. The lowest BCUT2D eigenvalue weighted by atomic mass is 10.2. The molecule has 0 spiro atoms. The number of fused-ring (bicyclic) bond motifs is 1. The van der Waals surface area contributed by atoms with Crippen molar-refractivity contribution < 1.29 is 4.63 Å². The average molecular weight is 287 g/mol. The first-order chi connectivity index (χ1) is 10.1. The van der Waals surface area contributed by atoms with Gasteiger partial charge in [-0.1, -0.05) is 0 Å². The quantitative estimate of drug-likeness (QED) is 0.769. The van der Waals surface area contributed by atoms with Crippen molar-refractivity contribution in [3.8, 4) is 11.5 Å². The van der Waals surface area contributed by atoms with E-state index in [2.05, 4.69) is 36.7 Å². The predicted molar refractivity (Wildman–Crippen MR) is 78.5 cm³/mol. The molecule has 0 aromatic carbocycles. The number of nitrogens with two attached hydrogens (primary N) is 1. The Balaban J connectivity index is 2.21. The van der Waals surface area contributed by atoms with E-state index in [4.69, 9.17) is 10.4 Å². The summed E-state index contributed by atoms with van der Waals surface area (Å²) >= 11 is 0. The van der Waals surface area contributed by atoms with Crippen molar-refractivity contribution in [2.24, 2.45) is 0 Å². The molecular formula is C13H17N7O. The number of hydrogen-bond donors (Lipinski definition) is 1. The fraction of sp³-hybridized carbons (Fsp3) is 0.385. The van der Waals surface area contributed by atoms with Gasteiger partial charge in [0.25, 0.3) is 0 Å². The van der Waals surface area contributed by atoms with Crippen LogP contribution >= 0.6 is 0 Å². The second-order valence-electron chi connectivity index (χ2n) is 5.28. The van der Waals surface area contributed by atoms with Crippen molar-refractivity contribution in [3.63, 3.8) is 0 Å². The molecule has 1 atom stereocenters. The molecule has 0 bridgehead atoms. The number of nitrogens with zero attached hydrogens (tertiary/aromatic N) is 6. The molecule has 0 aliphatic carbocycles. The first kappa shape index (κ1) is 13.5. The Kier molecular flexibility index (Phi) is 3.30. The Labute approximate surface area is 121 Å². The molecule has 0 radical (unpaired) electrons. The molecule has 110 valence electrons. The normalized spacial score (nSPS) is 13.1. The molecule has 3 heterocycles. The van der Waals surface area contributed by atoms with E-state index in [-0.39, 0.29) is 11.9 Å². The van der Waals surface area contributed by atoms with E-state index in [1.165, 1.54) is 0 Å². The highest BCUT2D eigenvalue weighted by Crippen LogP contribution is 2.29. The molecule has 0 aliphatic rings. The summed E-state index contributed by atoms with van der Waals surface area (Å²) in [6, 6.07) is 2.11. The highest BCUT2D eigenvalue weighted by molar-refractivity contribution is 5.80. The zero-order valence-electron chi connectivity index (χ0n) is 12.2. The summed E-state index contributed by atoms with van der Waals surface area (Å²) in [5.74, 6) is 0.877. The van der Waals surface area contributed by atoms with Gasteiger partial charge in [-0.3, -0.25) is 4.98 Å². The molecule has 2 N–H and O–H groups in total. The molecule has 8 heteroatoms. The average Bonchev–Trinajstić information content (AvgIpc) is 3.00. The molecule has 0 saturated heterocycles. The molecule has 0 amide bonds. The Morgan fingerprint density at radius 3 is 2.86 bits per heavy atom. The monoisotopic (exact) mass is 287 g/mol. The largest absolute Gasteiger partial charge is 0.379 e. The van der Waals surface area contributed by atoms with Crippen LogP contribution in [0.1, 0.15) is 13.0 Å². The lowest BCUT2D eigenvalue weighted by molar-refractivity contribution is 0.309. The third-order valence-electron chi connectivity index (χ3n) is 3.29. The maximum Gasteiger partial charge on any atom is 0.199 e. The van der Waals surface area contributed by atoms with Crippen molar-refractivity contribution in [2.45, 2.75) is 13.0 Å². The molecule has 8 nitrogen and oxygen atoms in total. The van der Waals surface area contributed by atoms with Crippen LogP contribution in [-0.2, 0) is 0 Å². The van der Waals surface area contributed by atoms with Crippen molar-refractivity contribution in [3.05, 3.63) is 18.5 Å². The summed E-state index contributed by atoms with van der Waals surface area (Å²) in [6.07, 6.45) is 3.47. The van der Waals surface area contributed by atoms with E-state index in [0.717, 1.165) is 17.6 Å². The number of pyridine rings is 1. The summed E-state index contributed by atoms with van der Waals surface area (Å²) in [5, 5.41) is 7.51. The minimum Gasteiger partial charge on any atom is -0.379 e. The summed E-state index contributed by atoms with van der Waals surface area (Å²) in [4.78, 5) is 10.8. The fourth-order valence-corrected chi connectivity index (χ4v) is 2.52. The van der Waals surface area contributed by atoms with E-state index in [1.807, 2.05) is 20.2 Å². The highest BCUT2D eigenvalue weighted by atomic mass is 16.6. The number of aromatic nitrogens is 5. The van der Waals surface area contributed by atoms with Gasteiger partial charge in [0.15, 0.2) is 17.3 Å². The molecule has 0 fully saturated rings. The topological polar surface area (TPSA) is 98.9 Å². The summed E-state index contributed by atoms with van der Waals surface area (Å²) in [5.41, 5.74) is 8.05. The number of anilines is 1. The number of hydrogen-bond acceptors (Lipinski definition) is 7. The van der Waals surface area contributed by atoms with Crippen LogP contribution in [0.15, 0.2) is 23.1 Å². The third kappa shape index (κ3) is 2.33. The van der Waals surface area contributed by atoms with Gasteiger partial charge in [0.2, 0.25) is 0 Å². The Morgan fingerprint density at radius 1 is 1.38 bits per heavy atom. The minimum atomic E-state index is 0.179. The highest BCUT2D eigenvalue weighted by Gasteiger charge is 2.22. The van der Waals surface area contributed by atoms with Crippen LogP contribution in [0.4, 0.5) is 5.82 Å². The van der Waals surface area contributed by atoms with Gasteiger partial charge in [-0.15, -0.1) is 0 Å². The van der Waals surface area contributed by atoms with E-state index >= 15 is 0 Å². The number of likely N-dealkylation sites (N-methyl/N-ethyl adjacent to an activating group) is 1. The standard InChI is InChI=1S/C13H17N7O/c1-8(7-19(2)3)20-10-4-5-15-6-9(10)16-13(20)11-12(14)18-21-17-11/h4-6,8H,7H2,1-3H3,(H2,14,18)/t8-/m1/s1. The zero-order chi connectivity index (χ0) is 15.0. The fourth-order valence-electron chi connectivity index (χ4n) is 2.52. The lowest BCUT2D eigenvalue weighted by Gasteiger charge is -2.20. The van der Waals surface area contributed by atoms with Gasteiger partial charge < -0.3 is 15.2 Å². The molecule has 0 saturated carbocycles. The van der Waals surface area contributed by atoms with Crippen LogP contribution in [0, 0.1) is 0 Å². The van der Waals surface area contributed by atoms with Crippen molar-refractivity contribution in [2.75, 3.05) is 26.4 Å². The van der Waals surface area contributed by atoms with Crippen molar-refractivity contribution in [1.82, 2.24) is 29.7 Å².